The number of carbonyl (C=O) groups excluding carboxylic acids is 1. The van der Waals surface area contributed by atoms with Gasteiger partial charge in [0.1, 0.15) is 11.4 Å². The summed E-state index contributed by atoms with van der Waals surface area (Å²) in [6.07, 6.45) is 1.84. The first-order chi connectivity index (χ1) is 15.8. The Bertz CT molecular complexity index is 1250. The molecule has 1 fully saturated rings. The van der Waals surface area contributed by atoms with Crippen LogP contribution in [0.3, 0.4) is 0 Å². The molecule has 1 spiro atoms. The number of carbonyl (C=O) groups is 1. The van der Waals surface area contributed by atoms with E-state index in [9.17, 15) is 14.9 Å². The van der Waals surface area contributed by atoms with Gasteiger partial charge in [0.15, 0.2) is 11.6 Å². The molecular weight excluding hydrogens is 420 g/mol. The number of hydrogen-bond donors (Lipinski definition) is 0. The number of fused-ring (bicyclic) bond motifs is 1. The fraction of sp³-hybridized carbons (Fsp3) is 0.320. The Labute approximate surface area is 191 Å². The lowest BCUT2D eigenvalue weighted by Gasteiger charge is -2.44. The number of rotatable bonds is 3. The molecule has 0 radical (unpaired) electrons. The predicted octanol–water partition coefficient (Wildman–Crippen LogP) is 4.67. The quantitative estimate of drug-likeness (QED) is 0.427. The molecule has 0 saturated carbocycles. The van der Waals surface area contributed by atoms with Crippen molar-refractivity contribution in [3.8, 4) is 17.0 Å². The predicted molar refractivity (Wildman–Crippen MR) is 124 cm³/mol. The number of non-ortho nitro benzene ring substituents is 1. The Kier molecular flexibility index (Phi) is 5.08. The molecule has 5 rings (SSSR count). The molecule has 1 saturated heterocycles. The van der Waals surface area contributed by atoms with Crippen LogP contribution in [0, 0.1) is 24.0 Å². The van der Waals surface area contributed by atoms with Crippen molar-refractivity contribution in [3.05, 3.63) is 75.3 Å². The number of hydrogen-bond acceptors (Lipinski definition) is 7. The fourth-order valence-electron chi connectivity index (χ4n) is 4.60. The van der Waals surface area contributed by atoms with Gasteiger partial charge in [-0.1, -0.05) is 12.1 Å². The molecule has 0 unspecified atom stereocenters. The maximum atomic E-state index is 12.9. The number of aryl methyl sites for hydroxylation is 2. The highest BCUT2D eigenvalue weighted by Crippen LogP contribution is 2.41. The summed E-state index contributed by atoms with van der Waals surface area (Å²) in [5.74, 6) is 1.59. The zero-order chi connectivity index (χ0) is 23.2. The van der Waals surface area contributed by atoms with Crippen molar-refractivity contribution in [1.29, 1.82) is 0 Å². The number of nitro groups is 1. The Morgan fingerprint density at radius 2 is 1.79 bits per heavy atom. The molecule has 8 nitrogen and oxygen atoms in total. The summed E-state index contributed by atoms with van der Waals surface area (Å²) in [7, 11) is 0. The number of piperidine rings is 1. The van der Waals surface area contributed by atoms with E-state index in [0.717, 1.165) is 29.8 Å². The zero-order valence-corrected chi connectivity index (χ0v) is 18.6. The number of benzene rings is 2. The molecule has 0 N–H and O–H groups in total. The summed E-state index contributed by atoms with van der Waals surface area (Å²) in [5.41, 5.74) is 3.69. The van der Waals surface area contributed by atoms with E-state index in [-0.39, 0.29) is 11.5 Å². The molecule has 3 aromatic rings. The molecule has 33 heavy (non-hydrogen) atoms. The Morgan fingerprint density at radius 1 is 1.03 bits per heavy atom. The van der Waals surface area contributed by atoms with E-state index in [1.54, 1.807) is 12.1 Å². The van der Waals surface area contributed by atoms with E-state index in [4.69, 9.17) is 4.74 Å². The number of anilines is 1. The monoisotopic (exact) mass is 444 g/mol. The third-order valence-electron chi connectivity index (χ3n) is 6.71. The van der Waals surface area contributed by atoms with Crippen LogP contribution in [0.15, 0.2) is 48.5 Å². The van der Waals surface area contributed by atoms with Gasteiger partial charge in [-0.05, 0) is 49.2 Å². The minimum atomic E-state index is -0.474. The summed E-state index contributed by atoms with van der Waals surface area (Å²) < 4.78 is 6.42. The highest BCUT2D eigenvalue weighted by Gasteiger charge is 2.43. The first-order valence-corrected chi connectivity index (χ1v) is 11.0. The lowest BCUT2D eigenvalue weighted by atomic mass is 9.82. The van der Waals surface area contributed by atoms with Crippen LogP contribution in [0.5, 0.6) is 5.75 Å². The fourth-order valence-corrected chi connectivity index (χ4v) is 4.60. The van der Waals surface area contributed by atoms with E-state index in [1.165, 1.54) is 12.1 Å². The van der Waals surface area contributed by atoms with Gasteiger partial charge in [-0.3, -0.25) is 14.9 Å². The SMILES string of the molecule is Cc1cc2c(cc1C)C(=O)CC1(CCN(c3ccc(-c4cccc([N+](=O)[O-])c4)nn3)CC1)O2. The molecule has 2 aromatic carbocycles. The highest BCUT2D eigenvalue weighted by atomic mass is 16.6. The molecule has 3 heterocycles. The molecule has 0 bridgehead atoms. The lowest BCUT2D eigenvalue weighted by Crippen LogP contribution is -2.51. The zero-order valence-electron chi connectivity index (χ0n) is 18.6. The van der Waals surface area contributed by atoms with Crippen molar-refractivity contribution in [2.75, 3.05) is 18.0 Å². The van der Waals surface area contributed by atoms with Gasteiger partial charge in [-0.15, -0.1) is 10.2 Å². The van der Waals surface area contributed by atoms with Crippen LogP contribution in [-0.2, 0) is 0 Å². The van der Waals surface area contributed by atoms with Gasteiger partial charge in [0, 0.05) is 43.6 Å². The minimum Gasteiger partial charge on any atom is -0.486 e. The standard InChI is InChI=1S/C25H24N4O4/c1-16-12-20-22(30)15-25(33-23(20)13-17(16)2)8-10-28(11-9-25)24-7-6-21(26-27-24)18-4-3-5-19(14-18)29(31)32/h3-7,12-14H,8-11,15H2,1-2H3. The molecule has 2 aliphatic heterocycles. The minimum absolute atomic E-state index is 0.0219. The van der Waals surface area contributed by atoms with Gasteiger partial charge in [-0.2, -0.15) is 0 Å². The van der Waals surface area contributed by atoms with Gasteiger partial charge in [0.25, 0.3) is 5.69 Å². The Balaban J connectivity index is 1.29. The highest BCUT2D eigenvalue weighted by molar-refractivity contribution is 6.00. The second kappa shape index (κ2) is 7.95. The Morgan fingerprint density at radius 3 is 2.48 bits per heavy atom. The summed E-state index contributed by atoms with van der Waals surface area (Å²) in [4.78, 5) is 25.6. The molecule has 168 valence electrons. The second-order valence-electron chi connectivity index (χ2n) is 8.89. The molecular formula is C25H24N4O4. The number of nitro benzene ring substituents is 1. The maximum absolute atomic E-state index is 12.9. The molecule has 2 aliphatic rings. The van der Waals surface area contributed by atoms with Gasteiger partial charge in [-0.25, -0.2) is 0 Å². The normalized spacial score (nSPS) is 16.9. The Hall–Kier alpha value is -3.81. The average molecular weight is 444 g/mol. The third-order valence-corrected chi connectivity index (χ3v) is 6.71. The van der Waals surface area contributed by atoms with E-state index < -0.39 is 10.5 Å². The molecule has 8 heteroatoms. The van der Waals surface area contributed by atoms with Crippen molar-refractivity contribution >= 4 is 17.3 Å². The topological polar surface area (TPSA) is 98.5 Å². The number of nitrogens with zero attached hydrogens (tertiary/aromatic N) is 4. The van der Waals surface area contributed by atoms with Gasteiger partial charge >= 0.3 is 0 Å². The average Bonchev–Trinajstić information content (AvgIpc) is 2.81. The summed E-state index contributed by atoms with van der Waals surface area (Å²) in [6, 6.07) is 14.0. The van der Waals surface area contributed by atoms with Crippen molar-refractivity contribution in [1.82, 2.24) is 10.2 Å². The smallest absolute Gasteiger partial charge is 0.270 e. The number of aromatic nitrogens is 2. The van der Waals surface area contributed by atoms with Crippen LogP contribution >= 0.6 is 0 Å². The van der Waals surface area contributed by atoms with Crippen LogP contribution < -0.4 is 9.64 Å². The second-order valence-corrected chi connectivity index (χ2v) is 8.89. The van der Waals surface area contributed by atoms with Crippen LogP contribution in [-0.4, -0.2) is 39.6 Å². The first kappa shape index (κ1) is 21.1. The number of ketones is 1. The van der Waals surface area contributed by atoms with Crippen LogP contribution in [0.2, 0.25) is 0 Å². The summed E-state index contributed by atoms with van der Waals surface area (Å²) >= 11 is 0. The van der Waals surface area contributed by atoms with Gasteiger partial charge in [0.2, 0.25) is 0 Å². The summed E-state index contributed by atoms with van der Waals surface area (Å²) in [6.45, 7) is 5.46. The largest absolute Gasteiger partial charge is 0.486 e. The van der Waals surface area contributed by atoms with E-state index in [0.29, 0.717) is 42.1 Å². The van der Waals surface area contributed by atoms with Crippen LogP contribution in [0.1, 0.15) is 40.7 Å². The lowest BCUT2D eigenvalue weighted by molar-refractivity contribution is -0.384. The van der Waals surface area contributed by atoms with Crippen LogP contribution in [0.4, 0.5) is 11.5 Å². The van der Waals surface area contributed by atoms with Crippen LogP contribution in [0.25, 0.3) is 11.3 Å². The number of Topliss-reactive ketones (excluding diaryl/α,β-unsaturated/α-hetero) is 1. The van der Waals surface area contributed by atoms with Crippen molar-refractivity contribution in [3.63, 3.8) is 0 Å². The van der Waals surface area contributed by atoms with Gasteiger partial charge in [0.05, 0.1) is 22.6 Å². The first-order valence-electron chi connectivity index (χ1n) is 11.0. The molecule has 1 aromatic heterocycles. The third kappa shape index (κ3) is 3.92. The molecule has 0 amide bonds. The van der Waals surface area contributed by atoms with E-state index >= 15 is 0 Å². The molecule has 0 aliphatic carbocycles. The van der Waals surface area contributed by atoms with Crippen molar-refractivity contribution in [2.45, 2.75) is 38.7 Å². The van der Waals surface area contributed by atoms with Crippen molar-refractivity contribution in [2.24, 2.45) is 0 Å². The maximum Gasteiger partial charge on any atom is 0.270 e. The number of ether oxygens (including phenoxy) is 1. The van der Waals surface area contributed by atoms with Gasteiger partial charge < -0.3 is 9.64 Å². The summed E-state index contributed by atoms with van der Waals surface area (Å²) in [5, 5.41) is 19.7. The molecule has 0 atom stereocenters. The van der Waals surface area contributed by atoms with E-state index in [1.807, 2.05) is 38.1 Å². The van der Waals surface area contributed by atoms with Crippen molar-refractivity contribution < 1.29 is 14.5 Å². The van der Waals surface area contributed by atoms with E-state index in [2.05, 4.69) is 15.1 Å².